The molecule has 0 aliphatic carbocycles. The number of alkyl halides is 3. The Labute approximate surface area is 231 Å². The second kappa shape index (κ2) is 11.1. The van der Waals surface area contributed by atoms with Gasteiger partial charge in [0.25, 0.3) is 5.91 Å². The summed E-state index contributed by atoms with van der Waals surface area (Å²) in [6.07, 6.45) is 0.663. The summed E-state index contributed by atoms with van der Waals surface area (Å²) in [6.45, 7) is 3.00. The molecule has 4 aromatic rings. The summed E-state index contributed by atoms with van der Waals surface area (Å²) < 4.78 is 42.0. The highest BCUT2D eigenvalue weighted by molar-refractivity contribution is 6.00. The third-order valence-electron chi connectivity index (χ3n) is 7.68. The summed E-state index contributed by atoms with van der Waals surface area (Å²) in [4.78, 5) is 28.0. The average Bonchev–Trinajstić information content (AvgIpc) is 3.39. The van der Waals surface area contributed by atoms with E-state index in [1.54, 1.807) is 29.8 Å². The number of piperidine rings is 1. The number of hydrogen-bond acceptors (Lipinski definition) is 3. The van der Waals surface area contributed by atoms with Crippen LogP contribution in [0.5, 0.6) is 0 Å². The summed E-state index contributed by atoms with van der Waals surface area (Å²) >= 11 is 0. The Kier molecular flexibility index (Phi) is 7.61. The van der Waals surface area contributed by atoms with Crippen molar-refractivity contribution in [3.8, 4) is 11.1 Å². The third-order valence-corrected chi connectivity index (χ3v) is 7.68. The first kappa shape index (κ1) is 27.4. The van der Waals surface area contributed by atoms with Gasteiger partial charge in [0.15, 0.2) is 5.78 Å². The molecule has 5 rings (SSSR count). The van der Waals surface area contributed by atoms with Gasteiger partial charge in [-0.05, 0) is 66.1 Å². The molecule has 1 aromatic heterocycles. The molecule has 3 aromatic carbocycles. The van der Waals surface area contributed by atoms with E-state index in [1.165, 1.54) is 23.8 Å². The highest BCUT2D eigenvalue weighted by Crippen LogP contribution is 2.33. The SMILES string of the molecule is Cc1ccc(C(=O)N2CCC(c3ccc(-c4cnn(C)c4)cc3)CC2)cc1CC(=O)c1ccccc1C(F)(F)F. The largest absolute Gasteiger partial charge is 0.417 e. The molecule has 0 spiro atoms. The molecule has 0 saturated carbocycles. The maximum Gasteiger partial charge on any atom is 0.417 e. The van der Waals surface area contributed by atoms with Crippen LogP contribution in [0.15, 0.2) is 79.1 Å². The minimum absolute atomic E-state index is 0.130. The van der Waals surface area contributed by atoms with Crippen molar-refractivity contribution in [2.24, 2.45) is 7.05 Å². The normalized spacial score (nSPS) is 14.4. The molecule has 0 atom stereocenters. The van der Waals surface area contributed by atoms with Crippen molar-refractivity contribution in [3.05, 3.63) is 113 Å². The number of likely N-dealkylation sites (tertiary alicyclic amines) is 1. The summed E-state index contributed by atoms with van der Waals surface area (Å²) in [5.74, 6) is -0.405. The van der Waals surface area contributed by atoms with E-state index in [1.807, 2.05) is 24.3 Å². The molecular weight excluding hydrogens is 515 g/mol. The summed E-state index contributed by atoms with van der Waals surface area (Å²) in [7, 11) is 1.89. The molecule has 1 amide bonds. The lowest BCUT2D eigenvalue weighted by Crippen LogP contribution is -2.38. The van der Waals surface area contributed by atoms with Crippen molar-refractivity contribution in [2.75, 3.05) is 13.1 Å². The highest BCUT2D eigenvalue weighted by atomic mass is 19.4. The van der Waals surface area contributed by atoms with Gasteiger partial charge in [0, 0.05) is 49.4 Å². The Morgan fingerprint density at radius 1 is 0.950 bits per heavy atom. The van der Waals surface area contributed by atoms with Crippen LogP contribution in [-0.4, -0.2) is 39.5 Å². The average molecular weight is 546 g/mol. The lowest BCUT2D eigenvalue weighted by Gasteiger charge is -2.32. The Morgan fingerprint density at radius 2 is 1.65 bits per heavy atom. The van der Waals surface area contributed by atoms with E-state index >= 15 is 0 Å². The van der Waals surface area contributed by atoms with E-state index in [2.05, 4.69) is 29.4 Å². The predicted octanol–water partition coefficient (Wildman–Crippen LogP) is 6.86. The van der Waals surface area contributed by atoms with Gasteiger partial charge in [0.1, 0.15) is 0 Å². The number of Topliss-reactive ketones (excluding diaryl/α,β-unsaturated/α-hetero) is 1. The maximum absolute atomic E-state index is 13.4. The minimum atomic E-state index is -4.62. The number of rotatable bonds is 6. The molecule has 1 aliphatic heterocycles. The van der Waals surface area contributed by atoms with Gasteiger partial charge < -0.3 is 4.90 Å². The number of carbonyl (C=O) groups is 2. The van der Waals surface area contributed by atoms with Crippen LogP contribution in [0.4, 0.5) is 13.2 Å². The van der Waals surface area contributed by atoms with E-state index in [0.717, 1.165) is 35.6 Å². The number of aryl methyl sites for hydroxylation is 2. The van der Waals surface area contributed by atoms with E-state index in [-0.39, 0.29) is 17.9 Å². The van der Waals surface area contributed by atoms with Crippen molar-refractivity contribution >= 4 is 11.7 Å². The molecule has 0 radical (unpaired) electrons. The fourth-order valence-corrected chi connectivity index (χ4v) is 5.35. The van der Waals surface area contributed by atoms with Crippen LogP contribution in [0.3, 0.4) is 0 Å². The van der Waals surface area contributed by atoms with Crippen molar-refractivity contribution in [3.63, 3.8) is 0 Å². The van der Waals surface area contributed by atoms with Crippen LogP contribution in [0.1, 0.15) is 61.7 Å². The van der Waals surface area contributed by atoms with Gasteiger partial charge in [-0.1, -0.05) is 48.5 Å². The van der Waals surface area contributed by atoms with Crippen LogP contribution < -0.4 is 0 Å². The molecule has 0 unspecified atom stereocenters. The standard InChI is InChI=1S/C32H30F3N3O2/c1-21-7-8-25(17-26(21)18-30(39)28-5-3-4-6-29(28)32(33,34)35)31(40)38-15-13-24(14-16-38)22-9-11-23(12-10-22)27-19-36-37(2)20-27/h3-12,17,19-20,24H,13-16,18H2,1-2H3. The zero-order valence-electron chi connectivity index (χ0n) is 22.4. The van der Waals surface area contributed by atoms with Gasteiger partial charge in [-0.25, -0.2) is 0 Å². The zero-order valence-corrected chi connectivity index (χ0v) is 22.4. The van der Waals surface area contributed by atoms with Gasteiger partial charge in [-0.2, -0.15) is 18.3 Å². The predicted molar refractivity (Wildman–Crippen MR) is 147 cm³/mol. The molecule has 40 heavy (non-hydrogen) atoms. The lowest BCUT2D eigenvalue weighted by molar-refractivity contribution is -0.137. The molecule has 1 aliphatic rings. The van der Waals surface area contributed by atoms with Gasteiger partial charge >= 0.3 is 6.18 Å². The number of nitrogens with zero attached hydrogens (tertiary/aromatic N) is 3. The molecule has 0 bridgehead atoms. The smallest absolute Gasteiger partial charge is 0.339 e. The van der Waals surface area contributed by atoms with Crippen LogP contribution in [0, 0.1) is 6.92 Å². The Balaban J connectivity index is 1.24. The van der Waals surface area contributed by atoms with Crippen molar-refractivity contribution in [2.45, 2.75) is 38.3 Å². The second-order valence-corrected chi connectivity index (χ2v) is 10.4. The molecule has 0 N–H and O–H groups in total. The summed E-state index contributed by atoms with van der Waals surface area (Å²) in [5.41, 5.74) is 3.87. The monoisotopic (exact) mass is 545 g/mol. The number of halogens is 3. The molecule has 8 heteroatoms. The van der Waals surface area contributed by atoms with Crippen molar-refractivity contribution in [1.82, 2.24) is 14.7 Å². The van der Waals surface area contributed by atoms with Crippen molar-refractivity contribution in [1.29, 1.82) is 0 Å². The fourth-order valence-electron chi connectivity index (χ4n) is 5.35. The number of benzene rings is 3. The first-order valence-electron chi connectivity index (χ1n) is 13.3. The lowest BCUT2D eigenvalue weighted by atomic mass is 9.88. The molecule has 1 saturated heterocycles. The van der Waals surface area contributed by atoms with Crippen molar-refractivity contribution < 1.29 is 22.8 Å². The Morgan fingerprint density at radius 3 is 2.30 bits per heavy atom. The van der Waals surface area contributed by atoms with Gasteiger partial charge in [-0.15, -0.1) is 0 Å². The van der Waals surface area contributed by atoms with E-state index < -0.39 is 17.5 Å². The third kappa shape index (κ3) is 5.86. The zero-order chi connectivity index (χ0) is 28.4. The Hall–Kier alpha value is -4.20. The molecular formula is C32H30F3N3O2. The van der Waals surface area contributed by atoms with Gasteiger partial charge in [0.2, 0.25) is 0 Å². The van der Waals surface area contributed by atoms with E-state index in [0.29, 0.717) is 30.1 Å². The van der Waals surface area contributed by atoms with E-state index in [9.17, 15) is 22.8 Å². The second-order valence-electron chi connectivity index (χ2n) is 10.4. The quantitative estimate of drug-likeness (QED) is 0.249. The number of carbonyl (C=O) groups excluding carboxylic acids is 2. The maximum atomic E-state index is 13.4. The number of aromatic nitrogens is 2. The number of ketones is 1. The molecule has 206 valence electrons. The fraction of sp³-hybridized carbons (Fsp3) is 0.281. The van der Waals surface area contributed by atoms with Gasteiger partial charge in [0.05, 0.1) is 11.8 Å². The topological polar surface area (TPSA) is 55.2 Å². The highest BCUT2D eigenvalue weighted by Gasteiger charge is 2.35. The first-order chi connectivity index (χ1) is 19.1. The summed E-state index contributed by atoms with van der Waals surface area (Å²) in [6, 6.07) is 18.4. The van der Waals surface area contributed by atoms with Crippen LogP contribution >= 0.6 is 0 Å². The molecule has 2 heterocycles. The van der Waals surface area contributed by atoms with Crippen LogP contribution in [0.25, 0.3) is 11.1 Å². The summed E-state index contributed by atoms with van der Waals surface area (Å²) in [5, 5.41) is 4.23. The first-order valence-corrected chi connectivity index (χ1v) is 13.3. The number of hydrogen-bond donors (Lipinski definition) is 0. The van der Waals surface area contributed by atoms with Crippen LogP contribution in [-0.2, 0) is 19.6 Å². The Bertz CT molecular complexity index is 1530. The minimum Gasteiger partial charge on any atom is -0.339 e. The van der Waals surface area contributed by atoms with Gasteiger partial charge in [-0.3, -0.25) is 14.3 Å². The van der Waals surface area contributed by atoms with Crippen LogP contribution in [0.2, 0.25) is 0 Å². The molecule has 1 fully saturated rings. The van der Waals surface area contributed by atoms with E-state index in [4.69, 9.17) is 0 Å². The molecule has 5 nitrogen and oxygen atoms in total. The number of amides is 1.